The van der Waals surface area contributed by atoms with Gasteiger partial charge < -0.3 is 0 Å². The van der Waals surface area contributed by atoms with Gasteiger partial charge in [0.15, 0.2) is 0 Å². The van der Waals surface area contributed by atoms with Crippen molar-refractivity contribution in [3.05, 3.63) is 65.2 Å². The summed E-state index contributed by atoms with van der Waals surface area (Å²) in [6, 6.07) is 10.3. The van der Waals surface area contributed by atoms with Gasteiger partial charge in [0.2, 0.25) is 5.13 Å². The molecule has 28 heavy (non-hydrogen) atoms. The van der Waals surface area contributed by atoms with Crippen LogP contribution in [0.5, 0.6) is 0 Å². The van der Waals surface area contributed by atoms with Crippen LogP contribution in [0.4, 0.5) is 23.1 Å². The molecule has 3 aromatic rings. The van der Waals surface area contributed by atoms with Crippen LogP contribution in [0.2, 0.25) is 0 Å². The zero-order valence-electron chi connectivity index (χ0n) is 14.4. The van der Waals surface area contributed by atoms with Gasteiger partial charge in [0, 0.05) is 11.1 Å². The van der Waals surface area contributed by atoms with Crippen molar-refractivity contribution >= 4 is 28.4 Å². The van der Waals surface area contributed by atoms with Crippen LogP contribution in [0.15, 0.2) is 48.5 Å². The van der Waals surface area contributed by atoms with Crippen molar-refractivity contribution in [2.24, 2.45) is 0 Å². The van der Waals surface area contributed by atoms with Crippen LogP contribution in [-0.4, -0.2) is 22.1 Å². The molecule has 0 aliphatic rings. The highest BCUT2D eigenvalue weighted by Gasteiger charge is 2.30. The van der Waals surface area contributed by atoms with Gasteiger partial charge in [0.05, 0.1) is 5.56 Å². The molecule has 0 spiro atoms. The van der Waals surface area contributed by atoms with Crippen LogP contribution < -0.4 is 10.6 Å². The summed E-state index contributed by atoms with van der Waals surface area (Å²) >= 11 is 0.966. The Morgan fingerprint density at radius 2 is 1.61 bits per heavy atom. The molecule has 1 heterocycles. The SMILES string of the molecule is Cc1ccc(C(=O)NC(=O)Nc2nnc(-c3ccc(C(F)(F)F)cc3)s2)cc1. The minimum atomic E-state index is -4.42. The Labute approximate surface area is 161 Å². The number of nitrogens with one attached hydrogen (secondary N) is 2. The summed E-state index contributed by atoms with van der Waals surface area (Å²) in [5, 5.41) is 12.6. The fraction of sp³-hybridized carbons (Fsp3) is 0.111. The van der Waals surface area contributed by atoms with E-state index in [4.69, 9.17) is 0 Å². The normalized spacial score (nSPS) is 11.1. The fourth-order valence-electron chi connectivity index (χ4n) is 2.20. The number of hydrogen-bond donors (Lipinski definition) is 2. The van der Waals surface area contributed by atoms with Gasteiger partial charge in [-0.25, -0.2) is 4.79 Å². The first-order valence-electron chi connectivity index (χ1n) is 7.92. The average Bonchev–Trinajstić information content (AvgIpc) is 3.10. The largest absolute Gasteiger partial charge is 0.416 e. The second-order valence-electron chi connectivity index (χ2n) is 5.76. The van der Waals surface area contributed by atoms with Gasteiger partial charge in [-0.1, -0.05) is 41.2 Å². The average molecular weight is 406 g/mol. The van der Waals surface area contributed by atoms with E-state index in [9.17, 15) is 22.8 Å². The van der Waals surface area contributed by atoms with Crippen LogP contribution in [0, 0.1) is 6.92 Å². The smallest absolute Gasteiger partial charge is 0.282 e. The molecule has 10 heteroatoms. The zero-order valence-corrected chi connectivity index (χ0v) is 15.2. The molecule has 0 fully saturated rings. The fourth-order valence-corrected chi connectivity index (χ4v) is 2.94. The molecule has 0 saturated carbocycles. The second kappa shape index (κ2) is 7.77. The number of urea groups is 1. The first-order chi connectivity index (χ1) is 13.2. The minimum Gasteiger partial charge on any atom is -0.282 e. The lowest BCUT2D eigenvalue weighted by molar-refractivity contribution is -0.137. The molecule has 3 amide bonds. The lowest BCUT2D eigenvalue weighted by Crippen LogP contribution is -2.34. The summed E-state index contributed by atoms with van der Waals surface area (Å²) in [4.78, 5) is 23.9. The zero-order chi connectivity index (χ0) is 20.3. The van der Waals surface area contributed by atoms with Crippen LogP contribution in [0.25, 0.3) is 10.6 Å². The number of anilines is 1. The molecule has 2 N–H and O–H groups in total. The van der Waals surface area contributed by atoms with E-state index in [2.05, 4.69) is 20.8 Å². The quantitative estimate of drug-likeness (QED) is 0.671. The van der Waals surface area contributed by atoms with Gasteiger partial charge in [0.1, 0.15) is 5.01 Å². The molecule has 6 nitrogen and oxygen atoms in total. The van der Waals surface area contributed by atoms with Gasteiger partial charge in [-0.15, -0.1) is 10.2 Å². The van der Waals surface area contributed by atoms with E-state index in [1.54, 1.807) is 24.3 Å². The molecule has 0 aliphatic heterocycles. The molecule has 0 aliphatic carbocycles. The number of carbonyl (C=O) groups excluding carboxylic acids is 2. The topological polar surface area (TPSA) is 84.0 Å². The lowest BCUT2D eigenvalue weighted by atomic mass is 10.1. The lowest BCUT2D eigenvalue weighted by Gasteiger charge is -2.06. The highest BCUT2D eigenvalue weighted by Crippen LogP contribution is 2.32. The van der Waals surface area contributed by atoms with Gasteiger partial charge in [0.25, 0.3) is 5.91 Å². The van der Waals surface area contributed by atoms with Gasteiger partial charge in [-0.3, -0.25) is 15.4 Å². The third kappa shape index (κ3) is 4.71. The number of hydrogen-bond acceptors (Lipinski definition) is 5. The Hall–Kier alpha value is -3.27. The number of benzene rings is 2. The maximum absolute atomic E-state index is 12.6. The third-order valence-electron chi connectivity index (χ3n) is 3.65. The molecule has 2 aromatic carbocycles. The van der Waals surface area contributed by atoms with Crippen molar-refractivity contribution in [2.45, 2.75) is 13.1 Å². The molecule has 0 bridgehead atoms. The van der Waals surface area contributed by atoms with Gasteiger partial charge in [-0.05, 0) is 31.2 Å². The monoisotopic (exact) mass is 406 g/mol. The molecule has 0 unspecified atom stereocenters. The maximum Gasteiger partial charge on any atom is 0.416 e. The van der Waals surface area contributed by atoms with E-state index >= 15 is 0 Å². The number of aryl methyl sites for hydroxylation is 1. The Balaban J connectivity index is 1.63. The van der Waals surface area contributed by atoms with Crippen molar-refractivity contribution < 1.29 is 22.8 Å². The Morgan fingerprint density at radius 1 is 0.964 bits per heavy atom. The summed E-state index contributed by atoms with van der Waals surface area (Å²) in [6.07, 6.45) is -4.42. The number of carbonyl (C=O) groups is 2. The first-order valence-corrected chi connectivity index (χ1v) is 8.74. The summed E-state index contributed by atoms with van der Waals surface area (Å²) in [5.41, 5.74) is 0.955. The third-order valence-corrected chi connectivity index (χ3v) is 4.53. The maximum atomic E-state index is 12.6. The Morgan fingerprint density at radius 3 is 2.21 bits per heavy atom. The predicted octanol–water partition coefficient (Wildman–Crippen LogP) is 4.49. The predicted molar refractivity (Wildman–Crippen MR) is 98.0 cm³/mol. The molecule has 0 radical (unpaired) electrons. The number of alkyl halides is 3. The molecule has 144 valence electrons. The highest BCUT2D eigenvalue weighted by molar-refractivity contribution is 7.18. The van der Waals surface area contributed by atoms with Crippen molar-refractivity contribution in [1.82, 2.24) is 15.5 Å². The highest BCUT2D eigenvalue weighted by atomic mass is 32.1. The summed E-state index contributed by atoms with van der Waals surface area (Å²) < 4.78 is 37.8. The van der Waals surface area contributed by atoms with Crippen molar-refractivity contribution in [2.75, 3.05) is 5.32 Å². The molecule has 1 aromatic heterocycles. The van der Waals surface area contributed by atoms with Crippen molar-refractivity contribution in [1.29, 1.82) is 0 Å². The number of aromatic nitrogens is 2. The Bertz CT molecular complexity index is 999. The summed E-state index contributed by atoms with van der Waals surface area (Å²) in [7, 11) is 0. The van der Waals surface area contributed by atoms with E-state index in [1.807, 2.05) is 6.92 Å². The molecular formula is C18H13F3N4O2S. The number of amides is 3. The van der Waals surface area contributed by atoms with Crippen molar-refractivity contribution in [3.63, 3.8) is 0 Å². The van der Waals surface area contributed by atoms with Gasteiger partial charge >= 0.3 is 12.2 Å². The van der Waals surface area contributed by atoms with E-state index < -0.39 is 23.7 Å². The molecule has 0 atom stereocenters. The van der Waals surface area contributed by atoms with Crippen LogP contribution in [0.1, 0.15) is 21.5 Å². The molecule has 3 rings (SSSR count). The summed E-state index contributed by atoms with van der Waals surface area (Å²) in [6.45, 7) is 1.87. The summed E-state index contributed by atoms with van der Waals surface area (Å²) in [5.74, 6) is -0.579. The molecule has 0 saturated heterocycles. The van der Waals surface area contributed by atoms with Crippen LogP contribution >= 0.6 is 11.3 Å². The van der Waals surface area contributed by atoms with Crippen LogP contribution in [0.3, 0.4) is 0 Å². The molecular weight excluding hydrogens is 393 g/mol. The van der Waals surface area contributed by atoms with Crippen molar-refractivity contribution in [3.8, 4) is 10.6 Å². The Kier molecular flexibility index (Phi) is 5.41. The van der Waals surface area contributed by atoms with Gasteiger partial charge in [-0.2, -0.15) is 13.2 Å². The van der Waals surface area contributed by atoms with E-state index in [-0.39, 0.29) is 5.13 Å². The number of halogens is 3. The van der Waals surface area contributed by atoms with E-state index in [0.29, 0.717) is 16.1 Å². The standard InChI is InChI=1S/C18H13F3N4O2S/c1-10-2-4-11(5-3-10)14(26)22-16(27)23-17-25-24-15(28-17)12-6-8-13(9-7-12)18(19,20)21/h2-9H,1H3,(H2,22,23,25,26,27). The van der Waals surface area contributed by atoms with Crippen LogP contribution in [-0.2, 0) is 6.18 Å². The first kappa shape index (κ1) is 19.5. The second-order valence-corrected chi connectivity index (χ2v) is 6.74. The number of imide groups is 1. The van der Waals surface area contributed by atoms with E-state index in [0.717, 1.165) is 29.0 Å². The minimum absolute atomic E-state index is 0.101. The number of nitrogens with zero attached hydrogens (tertiary/aromatic N) is 2. The number of rotatable bonds is 3. The van der Waals surface area contributed by atoms with E-state index in [1.165, 1.54) is 12.1 Å².